The van der Waals surface area contributed by atoms with Crippen molar-refractivity contribution in [2.45, 2.75) is 13.0 Å². The molecule has 0 radical (unpaired) electrons. The van der Waals surface area contributed by atoms with Crippen LogP contribution in [0, 0.1) is 6.92 Å². The van der Waals surface area contributed by atoms with Gasteiger partial charge in [0.25, 0.3) is 5.56 Å². The monoisotopic (exact) mass is 309 g/mol. The Kier molecular flexibility index (Phi) is 3.20. The van der Waals surface area contributed by atoms with Gasteiger partial charge in [-0.25, -0.2) is 4.68 Å². The Balaban J connectivity index is 1.67. The quantitative estimate of drug-likeness (QED) is 0.776. The van der Waals surface area contributed by atoms with Gasteiger partial charge < -0.3 is 15.2 Å². The van der Waals surface area contributed by atoms with Crippen molar-refractivity contribution < 1.29 is 0 Å². The molecule has 2 aromatic heterocycles. The molecule has 1 aliphatic rings. The molecular formula is C17H19N5O. The Morgan fingerprint density at radius 1 is 1.30 bits per heavy atom. The third-order valence-electron chi connectivity index (χ3n) is 4.53. The van der Waals surface area contributed by atoms with Crippen LogP contribution in [0.2, 0.25) is 0 Å². The zero-order valence-electron chi connectivity index (χ0n) is 13.2. The molecule has 23 heavy (non-hydrogen) atoms. The van der Waals surface area contributed by atoms with Crippen molar-refractivity contribution in [3.63, 3.8) is 0 Å². The topological polar surface area (TPSA) is 63.9 Å². The molecule has 1 aromatic carbocycles. The maximum Gasteiger partial charge on any atom is 0.271 e. The van der Waals surface area contributed by atoms with Crippen LogP contribution >= 0.6 is 0 Å². The highest BCUT2D eigenvalue weighted by atomic mass is 16.1. The van der Waals surface area contributed by atoms with Crippen LogP contribution in [0.15, 0.2) is 41.5 Å². The molecule has 3 heterocycles. The molecule has 118 valence electrons. The van der Waals surface area contributed by atoms with Crippen LogP contribution in [0.1, 0.15) is 11.6 Å². The van der Waals surface area contributed by atoms with Crippen molar-refractivity contribution in [1.29, 1.82) is 0 Å². The Morgan fingerprint density at radius 2 is 2.13 bits per heavy atom. The van der Waals surface area contributed by atoms with E-state index in [0.29, 0.717) is 11.6 Å². The first-order valence-corrected chi connectivity index (χ1v) is 7.75. The fraction of sp³-hybridized carbons (Fsp3) is 0.294. The maximum atomic E-state index is 12.0. The van der Waals surface area contributed by atoms with E-state index in [1.165, 1.54) is 15.6 Å². The highest BCUT2D eigenvalue weighted by Gasteiger charge is 2.19. The number of nitrogens with one attached hydrogen (secondary N) is 2. The molecule has 0 unspecified atom stereocenters. The summed E-state index contributed by atoms with van der Waals surface area (Å²) in [5.74, 6) is 0. The number of fused-ring (bicyclic) bond motifs is 1. The molecule has 1 aliphatic heterocycles. The van der Waals surface area contributed by atoms with Gasteiger partial charge in [-0.2, -0.15) is 5.10 Å². The SMILES string of the molecule is Cc1c(Nc2ccc3c(ccn3C3CNC3)c2)cnn(C)c1=O. The number of anilines is 2. The number of nitrogens with zero attached hydrogens (tertiary/aromatic N) is 3. The summed E-state index contributed by atoms with van der Waals surface area (Å²) in [6.45, 7) is 3.87. The number of benzene rings is 1. The van der Waals surface area contributed by atoms with Crippen LogP contribution in [0.3, 0.4) is 0 Å². The number of hydrogen-bond acceptors (Lipinski definition) is 4. The van der Waals surface area contributed by atoms with E-state index in [2.05, 4.69) is 44.7 Å². The second-order valence-electron chi connectivity index (χ2n) is 6.05. The van der Waals surface area contributed by atoms with E-state index in [1.807, 2.05) is 13.0 Å². The molecule has 6 nitrogen and oxygen atoms in total. The second kappa shape index (κ2) is 5.24. The van der Waals surface area contributed by atoms with Crippen molar-refractivity contribution in [2.75, 3.05) is 18.4 Å². The number of hydrogen-bond donors (Lipinski definition) is 2. The van der Waals surface area contributed by atoms with E-state index in [4.69, 9.17) is 0 Å². The van der Waals surface area contributed by atoms with Gasteiger partial charge in [-0.05, 0) is 31.2 Å². The lowest BCUT2D eigenvalue weighted by Gasteiger charge is -2.29. The summed E-state index contributed by atoms with van der Waals surface area (Å²) < 4.78 is 3.66. The van der Waals surface area contributed by atoms with Crippen molar-refractivity contribution in [2.24, 2.45) is 7.05 Å². The zero-order valence-corrected chi connectivity index (χ0v) is 13.2. The first-order chi connectivity index (χ1) is 11.1. The molecule has 0 atom stereocenters. The molecule has 1 saturated heterocycles. The molecule has 0 saturated carbocycles. The lowest BCUT2D eigenvalue weighted by Crippen LogP contribution is -2.43. The molecule has 3 aromatic rings. The fourth-order valence-corrected chi connectivity index (χ4v) is 2.96. The minimum absolute atomic E-state index is 0.0836. The summed E-state index contributed by atoms with van der Waals surface area (Å²) in [5, 5.41) is 11.9. The molecular weight excluding hydrogens is 290 g/mol. The summed E-state index contributed by atoms with van der Waals surface area (Å²) >= 11 is 0. The van der Waals surface area contributed by atoms with E-state index in [0.717, 1.165) is 24.5 Å². The second-order valence-corrected chi connectivity index (χ2v) is 6.05. The predicted molar refractivity (Wildman–Crippen MR) is 91.3 cm³/mol. The van der Waals surface area contributed by atoms with E-state index in [9.17, 15) is 4.79 Å². The largest absolute Gasteiger partial charge is 0.354 e. The molecule has 0 amide bonds. The van der Waals surface area contributed by atoms with Crippen LogP contribution in [-0.4, -0.2) is 27.4 Å². The van der Waals surface area contributed by atoms with Crippen LogP contribution in [0.4, 0.5) is 11.4 Å². The van der Waals surface area contributed by atoms with Crippen molar-refractivity contribution in [1.82, 2.24) is 19.7 Å². The average Bonchev–Trinajstić information content (AvgIpc) is 2.89. The minimum atomic E-state index is -0.0836. The van der Waals surface area contributed by atoms with Gasteiger partial charge in [0.05, 0.1) is 17.9 Å². The van der Waals surface area contributed by atoms with Crippen LogP contribution in [-0.2, 0) is 7.05 Å². The number of aromatic nitrogens is 3. The first-order valence-electron chi connectivity index (χ1n) is 7.75. The molecule has 0 aliphatic carbocycles. The lowest BCUT2D eigenvalue weighted by molar-refractivity contribution is 0.352. The summed E-state index contributed by atoms with van der Waals surface area (Å²) in [5.41, 5.74) is 3.52. The summed E-state index contributed by atoms with van der Waals surface area (Å²) in [7, 11) is 1.66. The van der Waals surface area contributed by atoms with Crippen molar-refractivity contribution in [3.8, 4) is 0 Å². The highest BCUT2D eigenvalue weighted by molar-refractivity contribution is 5.85. The van der Waals surface area contributed by atoms with Crippen molar-refractivity contribution in [3.05, 3.63) is 52.6 Å². The predicted octanol–water partition coefficient (Wildman–Crippen LogP) is 1.93. The van der Waals surface area contributed by atoms with E-state index >= 15 is 0 Å². The van der Waals surface area contributed by atoms with E-state index in [1.54, 1.807) is 13.2 Å². The molecule has 0 bridgehead atoms. The average molecular weight is 309 g/mol. The Hall–Kier alpha value is -2.60. The lowest BCUT2D eigenvalue weighted by atomic mass is 10.1. The van der Waals surface area contributed by atoms with E-state index in [-0.39, 0.29) is 5.56 Å². The molecule has 1 fully saturated rings. The highest BCUT2D eigenvalue weighted by Crippen LogP contribution is 2.26. The Morgan fingerprint density at radius 3 is 2.87 bits per heavy atom. The fourth-order valence-electron chi connectivity index (χ4n) is 2.96. The summed E-state index contributed by atoms with van der Waals surface area (Å²) in [6, 6.07) is 8.96. The van der Waals surface area contributed by atoms with Gasteiger partial charge in [-0.3, -0.25) is 4.79 Å². The Labute approximate surface area is 133 Å². The van der Waals surface area contributed by atoms with Gasteiger partial charge >= 0.3 is 0 Å². The standard InChI is InChI=1S/C17H19N5O/c1-11-15(10-19-21(2)17(11)23)20-13-3-4-16-12(7-13)5-6-22(16)14-8-18-9-14/h3-7,10,14,18,20H,8-9H2,1-2H3. The van der Waals surface area contributed by atoms with Gasteiger partial charge in [-0.15, -0.1) is 0 Å². The maximum absolute atomic E-state index is 12.0. The normalized spacial score (nSPS) is 14.9. The van der Waals surface area contributed by atoms with Gasteiger partial charge in [0, 0.05) is 48.5 Å². The number of aryl methyl sites for hydroxylation is 1. The van der Waals surface area contributed by atoms with Crippen molar-refractivity contribution >= 4 is 22.3 Å². The van der Waals surface area contributed by atoms with Crippen LogP contribution < -0.4 is 16.2 Å². The summed E-state index contributed by atoms with van der Waals surface area (Å²) in [4.78, 5) is 12.0. The number of rotatable bonds is 3. The minimum Gasteiger partial charge on any atom is -0.354 e. The van der Waals surface area contributed by atoms with Gasteiger partial charge in [-0.1, -0.05) is 0 Å². The molecule has 0 spiro atoms. The first kappa shape index (κ1) is 14.0. The smallest absolute Gasteiger partial charge is 0.271 e. The zero-order chi connectivity index (χ0) is 16.0. The third kappa shape index (κ3) is 2.31. The Bertz CT molecular complexity index is 936. The van der Waals surface area contributed by atoms with E-state index < -0.39 is 0 Å². The van der Waals surface area contributed by atoms with Gasteiger partial charge in [0.2, 0.25) is 0 Å². The van der Waals surface area contributed by atoms with Crippen LogP contribution in [0.5, 0.6) is 0 Å². The molecule has 6 heteroatoms. The third-order valence-corrected chi connectivity index (χ3v) is 4.53. The summed E-state index contributed by atoms with van der Waals surface area (Å²) in [6.07, 6.45) is 3.83. The molecule has 4 rings (SSSR count). The molecule has 2 N–H and O–H groups in total. The van der Waals surface area contributed by atoms with Gasteiger partial charge in [0.15, 0.2) is 0 Å². The van der Waals surface area contributed by atoms with Gasteiger partial charge in [0.1, 0.15) is 0 Å². The van der Waals surface area contributed by atoms with Crippen LogP contribution in [0.25, 0.3) is 10.9 Å².